The van der Waals surface area contributed by atoms with E-state index < -0.39 is 24.6 Å². The Kier molecular flexibility index (Phi) is 7.44. The zero-order chi connectivity index (χ0) is 27.8. The van der Waals surface area contributed by atoms with E-state index in [1.54, 1.807) is 16.8 Å². The number of nitrogens with one attached hydrogen (secondary N) is 3. The molecule has 204 valence electrons. The van der Waals surface area contributed by atoms with Crippen LogP contribution in [0.4, 0.5) is 39.1 Å². The average molecular weight is 540 g/mol. The number of aryl methyl sites for hydroxylation is 1. The van der Waals surface area contributed by atoms with Crippen LogP contribution in [0.15, 0.2) is 30.6 Å². The fourth-order valence-corrected chi connectivity index (χ4v) is 4.53. The van der Waals surface area contributed by atoms with Gasteiger partial charge in [0.15, 0.2) is 17.3 Å². The van der Waals surface area contributed by atoms with Crippen molar-refractivity contribution in [3.05, 3.63) is 47.7 Å². The van der Waals surface area contributed by atoms with Crippen LogP contribution in [-0.2, 0) is 11.5 Å². The molecule has 1 aromatic carbocycles. The van der Waals surface area contributed by atoms with Gasteiger partial charge in [0.05, 0.1) is 22.3 Å². The number of pyridine rings is 1. The van der Waals surface area contributed by atoms with Crippen molar-refractivity contribution in [2.45, 2.75) is 45.7 Å². The van der Waals surface area contributed by atoms with Gasteiger partial charge in [0, 0.05) is 49.3 Å². The molecular weight excluding hydrogens is 513 g/mol. The normalized spacial score (nSPS) is 17.9. The van der Waals surface area contributed by atoms with E-state index in [9.17, 15) is 22.0 Å². The van der Waals surface area contributed by atoms with Gasteiger partial charge in [-0.2, -0.15) is 18.3 Å². The predicted molar refractivity (Wildman–Crippen MR) is 132 cm³/mol. The molecule has 4 heterocycles. The lowest BCUT2D eigenvalue weighted by atomic mass is 10.1. The smallest absolute Gasteiger partial charge is 0.475 e. The minimum atomic E-state index is -5.08. The van der Waals surface area contributed by atoms with E-state index in [1.165, 1.54) is 6.07 Å². The topological polar surface area (TPSA) is 111 Å². The summed E-state index contributed by atoms with van der Waals surface area (Å²) in [6, 6.07) is 5.96. The Morgan fingerprint density at radius 2 is 1.84 bits per heavy atom. The van der Waals surface area contributed by atoms with Gasteiger partial charge < -0.3 is 25.0 Å². The number of hydrogen-bond donors (Lipinski definition) is 4. The number of aliphatic carboxylic acids is 1. The molecular formula is C24H26F5N7O2. The zero-order valence-electron chi connectivity index (χ0n) is 20.7. The van der Waals surface area contributed by atoms with E-state index in [1.807, 2.05) is 19.1 Å². The Morgan fingerprint density at radius 3 is 2.45 bits per heavy atom. The summed E-state index contributed by atoms with van der Waals surface area (Å²) in [5.74, 6) is -2.73. The van der Waals surface area contributed by atoms with Gasteiger partial charge in [0.2, 0.25) is 0 Å². The molecule has 0 aliphatic carbocycles. The highest BCUT2D eigenvalue weighted by Gasteiger charge is 2.38. The minimum Gasteiger partial charge on any atom is -0.475 e. The first-order valence-corrected chi connectivity index (χ1v) is 11.7. The van der Waals surface area contributed by atoms with Crippen LogP contribution in [0.1, 0.15) is 25.1 Å². The van der Waals surface area contributed by atoms with Crippen LogP contribution in [0, 0.1) is 12.7 Å². The molecule has 3 aromatic heterocycles. The third kappa shape index (κ3) is 5.79. The fraction of sp³-hybridized carbons (Fsp3) is 0.375. The number of anilines is 3. The van der Waals surface area contributed by atoms with Gasteiger partial charge in [-0.3, -0.25) is 5.10 Å². The van der Waals surface area contributed by atoms with E-state index >= 15 is 0 Å². The zero-order valence-corrected chi connectivity index (χ0v) is 20.7. The van der Waals surface area contributed by atoms with Crippen LogP contribution in [0.25, 0.3) is 16.6 Å². The molecule has 0 bridgehead atoms. The van der Waals surface area contributed by atoms with Crippen LogP contribution in [0.5, 0.6) is 0 Å². The largest absolute Gasteiger partial charge is 0.490 e. The summed E-state index contributed by atoms with van der Waals surface area (Å²) in [7, 11) is 0. The molecule has 0 spiro atoms. The van der Waals surface area contributed by atoms with Crippen molar-refractivity contribution >= 4 is 39.7 Å². The molecule has 0 amide bonds. The lowest BCUT2D eigenvalue weighted by Crippen LogP contribution is -2.54. The van der Waals surface area contributed by atoms with Crippen molar-refractivity contribution in [2.75, 3.05) is 23.3 Å². The number of aromatic nitrogens is 4. The monoisotopic (exact) mass is 539 g/mol. The molecule has 1 saturated heterocycles. The molecule has 1 aliphatic heterocycles. The van der Waals surface area contributed by atoms with Crippen LogP contribution in [0.3, 0.4) is 0 Å². The van der Waals surface area contributed by atoms with Crippen LogP contribution in [0.2, 0.25) is 0 Å². The molecule has 0 unspecified atom stereocenters. The Bertz CT molecular complexity index is 1460. The molecule has 1 fully saturated rings. The lowest BCUT2D eigenvalue weighted by molar-refractivity contribution is -0.192. The molecule has 0 saturated carbocycles. The number of fused-ring (bicyclic) bond motifs is 2. The highest BCUT2D eigenvalue weighted by atomic mass is 19.4. The first-order chi connectivity index (χ1) is 17.8. The highest BCUT2D eigenvalue weighted by Crippen LogP contribution is 2.33. The van der Waals surface area contributed by atoms with Gasteiger partial charge in [-0.15, -0.1) is 0 Å². The maximum atomic E-state index is 14.4. The van der Waals surface area contributed by atoms with Gasteiger partial charge in [-0.05, 0) is 38.5 Å². The number of rotatable bonds is 4. The van der Waals surface area contributed by atoms with Gasteiger partial charge in [0.1, 0.15) is 6.67 Å². The number of halogens is 5. The maximum absolute atomic E-state index is 14.4. The highest BCUT2D eigenvalue weighted by molar-refractivity contribution is 5.96. The van der Waals surface area contributed by atoms with Crippen molar-refractivity contribution in [1.82, 2.24) is 24.9 Å². The Morgan fingerprint density at radius 1 is 1.18 bits per heavy atom. The van der Waals surface area contributed by atoms with E-state index in [0.717, 1.165) is 30.0 Å². The maximum Gasteiger partial charge on any atom is 0.490 e. The number of benzene rings is 1. The summed E-state index contributed by atoms with van der Waals surface area (Å²) in [6.07, 6.45) is -1.59. The van der Waals surface area contributed by atoms with Crippen LogP contribution < -0.4 is 15.5 Å². The van der Waals surface area contributed by atoms with Crippen molar-refractivity contribution < 1.29 is 31.9 Å². The summed E-state index contributed by atoms with van der Waals surface area (Å²) >= 11 is 0. The number of aromatic amines is 1. The number of alkyl halides is 4. The minimum absolute atomic E-state index is 0.267. The quantitative estimate of drug-likeness (QED) is 0.279. The SMILES string of the molecule is Cc1cn2cc(Nc3n[nH]c4cc(N5C[C@H](C)N[C@@H](C)C5)cc(CF)c34)cc(F)c2n1.O=C(O)C(F)(F)F. The van der Waals surface area contributed by atoms with Crippen molar-refractivity contribution in [3.63, 3.8) is 0 Å². The molecule has 4 aromatic rings. The second-order valence-electron chi connectivity index (χ2n) is 9.22. The van der Waals surface area contributed by atoms with E-state index in [4.69, 9.17) is 9.90 Å². The Hall–Kier alpha value is -3.94. The molecule has 14 heteroatoms. The van der Waals surface area contributed by atoms with Crippen LogP contribution in [-0.4, -0.2) is 62.0 Å². The third-order valence-corrected chi connectivity index (χ3v) is 5.93. The molecule has 0 radical (unpaired) electrons. The summed E-state index contributed by atoms with van der Waals surface area (Å²) in [5.41, 5.74) is 3.76. The third-order valence-electron chi connectivity index (χ3n) is 5.93. The van der Waals surface area contributed by atoms with E-state index in [0.29, 0.717) is 34.5 Å². The molecule has 9 nitrogen and oxygen atoms in total. The lowest BCUT2D eigenvalue weighted by Gasteiger charge is -2.37. The number of carbonyl (C=O) groups is 1. The number of piperazine rings is 1. The summed E-state index contributed by atoms with van der Waals surface area (Å²) in [6.45, 7) is 7.19. The number of nitrogens with zero attached hydrogens (tertiary/aromatic N) is 4. The number of hydrogen-bond acceptors (Lipinski definition) is 6. The average Bonchev–Trinajstić information content (AvgIpc) is 3.40. The standard InChI is InChI=1S/C22H25F2N7.C2HF3O2/c1-12-8-30(9-13(2)25-12)17-4-15(7-23)20-19(6-17)28-29-21(20)27-16-5-18(24)22-26-14(3)10-31(22)11-16;3-2(4,5)1(6)7/h4-6,10-13,25H,7-9H2,1-3H3,(H2,27,28,29);(H,6,7)/t12-,13-;/m0./s1. The summed E-state index contributed by atoms with van der Waals surface area (Å²) in [4.78, 5) is 15.3. The molecule has 1 aliphatic rings. The molecule has 2 atom stereocenters. The van der Waals surface area contributed by atoms with E-state index in [2.05, 4.69) is 44.6 Å². The van der Waals surface area contributed by atoms with Crippen molar-refractivity contribution in [3.8, 4) is 0 Å². The van der Waals surface area contributed by atoms with Gasteiger partial charge in [-0.25, -0.2) is 18.6 Å². The first-order valence-electron chi connectivity index (χ1n) is 11.7. The van der Waals surface area contributed by atoms with Crippen molar-refractivity contribution in [2.24, 2.45) is 0 Å². The van der Waals surface area contributed by atoms with Crippen LogP contribution >= 0.6 is 0 Å². The number of imidazole rings is 1. The predicted octanol–water partition coefficient (Wildman–Crippen LogP) is 4.69. The van der Waals surface area contributed by atoms with Gasteiger partial charge in [-0.1, -0.05) is 0 Å². The van der Waals surface area contributed by atoms with Gasteiger partial charge >= 0.3 is 12.1 Å². The number of H-pyrrole nitrogens is 1. The summed E-state index contributed by atoms with van der Waals surface area (Å²) in [5, 5.41) is 21.8. The Balaban J connectivity index is 0.000000426. The molecule has 38 heavy (non-hydrogen) atoms. The molecule has 5 rings (SSSR count). The fourth-order valence-electron chi connectivity index (χ4n) is 4.53. The van der Waals surface area contributed by atoms with Gasteiger partial charge in [0.25, 0.3) is 0 Å². The first kappa shape index (κ1) is 27.1. The number of carboxylic acids is 1. The van der Waals surface area contributed by atoms with E-state index in [-0.39, 0.29) is 5.65 Å². The second kappa shape index (κ2) is 10.4. The Labute approximate surface area is 213 Å². The number of carboxylic acid groups (broad SMARTS) is 1. The molecule has 4 N–H and O–H groups in total. The van der Waals surface area contributed by atoms with Crippen molar-refractivity contribution in [1.29, 1.82) is 0 Å². The summed E-state index contributed by atoms with van der Waals surface area (Å²) < 4.78 is 61.9. The second-order valence-corrected chi connectivity index (χ2v) is 9.22.